The molecular weight excluding hydrogens is 308 g/mol. The zero-order valence-corrected chi connectivity index (χ0v) is 16.5. The monoisotopic (exact) mass is 348 g/mol. The molecule has 1 aromatic carbocycles. The lowest BCUT2D eigenvalue weighted by Crippen LogP contribution is -2.01. The van der Waals surface area contributed by atoms with Crippen molar-refractivity contribution < 1.29 is 9.47 Å². The van der Waals surface area contributed by atoms with Crippen molar-refractivity contribution in [1.29, 1.82) is 0 Å². The molecule has 0 saturated carbocycles. The highest BCUT2D eigenvalue weighted by Crippen LogP contribution is 2.12. The summed E-state index contributed by atoms with van der Waals surface area (Å²) in [4.78, 5) is 0. The first kappa shape index (κ1) is 22.2. The number of hydrogen-bond acceptors (Lipinski definition) is 2. The molecule has 1 rings (SSSR count). The second-order valence-corrected chi connectivity index (χ2v) is 6.93. The zero-order valence-electron chi connectivity index (χ0n) is 16.5. The summed E-state index contributed by atoms with van der Waals surface area (Å²) in [5, 5.41) is 0. The fourth-order valence-electron chi connectivity index (χ4n) is 3.10. The third-order valence-corrected chi connectivity index (χ3v) is 4.63. The van der Waals surface area contributed by atoms with Gasteiger partial charge in [0.1, 0.15) is 0 Å². The van der Waals surface area contributed by atoms with E-state index in [0.29, 0.717) is 0 Å². The third kappa shape index (κ3) is 15.1. The molecular formula is C23H40O2. The molecule has 0 N–H and O–H groups in total. The minimum absolute atomic E-state index is 0.813. The van der Waals surface area contributed by atoms with Gasteiger partial charge in [0.2, 0.25) is 0 Å². The summed E-state index contributed by atoms with van der Waals surface area (Å²) >= 11 is 0. The predicted molar refractivity (Wildman–Crippen MR) is 108 cm³/mol. The number of ether oxygens (including phenoxy) is 2. The SMILES string of the molecule is CCOCCCOCCCCCCCCCCCCc1ccccc1. The number of benzene rings is 1. The van der Waals surface area contributed by atoms with E-state index in [1.807, 2.05) is 6.92 Å². The molecule has 0 heterocycles. The van der Waals surface area contributed by atoms with Gasteiger partial charge in [-0.05, 0) is 38.2 Å². The van der Waals surface area contributed by atoms with Crippen LogP contribution in [-0.4, -0.2) is 26.4 Å². The van der Waals surface area contributed by atoms with Crippen molar-refractivity contribution in [3.05, 3.63) is 35.9 Å². The minimum Gasteiger partial charge on any atom is -0.382 e. The van der Waals surface area contributed by atoms with E-state index in [2.05, 4.69) is 30.3 Å². The Hall–Kier alpha value is -0.860. The van der Waals surface area contributed by atoms with Crippen LogP contribution >= 0.6 is 0 Å². The van der Waals surface area contributed by atoms with Crippen LogP contribution in [0, 0.1) is 0 Å². The van der Waals surface area contributed by atoms with E-state index in [0.717, 1.165) is 32.8 Å². The van der Waals surface area contributed by atoms with E-state index >= 15 is 0 Å². The number of aryl methyl sites for hydroxylation is 1. The summed E-state index contributed by atoms with van der Waals surface area (Å²) in [7, 11) is 0. The van der Waals surface area contributed by atoms with Gasteiger partial charge in [0.15, 0.2) is 0 Å². The summed E-state index contributed by atoms with van der Waals surface area (Å²) in [5.41, 5.74) is 1.49. The lowest BCUT2D eigenvalue weighted by Gasteiger charge is -2.05. The molecule has 0 amide bonds. The van der Waals surface area contributed by atoms with Crippen LogP contribution in [0.5, 0.6) is 0 Å². The second-order valence-electron chi connectivity index (χ2n) is 6.93. The summed E-state index contributed by atoms with van der Waals surface area (Å²) < 4.78 is 10.9. The smallest absolute Gasteiger partial charge is 0.0487 e. The second kappa shape index (κ2) is 17.9. The van der Waals surface area contributed by atoms with Gasteiger partial charge >= 0.3 is 0 Å². The summed E-state index contributed by atoms with van der Waals surface area (Å²) in [5.74, 6) is 0. The molecule has 2 heteroatoms. The molecule has 25 heavy (non-hydrogen) atoms. The van der Waals surface area contributed by atoms with E-state index in [9.17, 15) is 0 Å². The maximum absolute atomic E-state index is 5.61. The first-order valence-corrected chi connectivity index (χ1v) is 10.6. The molecule has 0 unspecified atom stereocenters. The Morgan fingerprint density at radius 1 is 0.560 bits per heavy atom. The summed E-state index contributed by atoms with van der Waals surface area (Å²) in [6, 6.07) is 10.9. The van der Waals surface area contributed by atoms with Gasteiger partial charge in [-0.2, -0.15) is 0 Å². The Balaban J connectivity index is 1.69. The summed E-state index contributed by atoms with van der Waals surface area (Å²) in [6.07, 6.45) is 16.0. The number of unbranched alkanes of at least 4 members (excludes halogenated alkanes) is 9. The van der Waals surface area contributed by atoms with Gasteiger partial charge in [-0.25, -0.2) is 0 Å². The Labute approximate surface area is 156 Å². The lowest BCUT2D eigenvalue weighted by molar-refractivity contribution is 0.0860. The Morgan fingerprint density at radius 3 is 1.72 bits per heavy atom. The first-order chi connectivity index (χ1) is 12.4. The van der Waals surface area contributed by atoms with Crippen LogP contribution in [0.2, 0.25) is 0 Å². The molecule has 0 aliphatic carbocycles. The van der Waals surface area contributed by atoms with E-state index in [-0.39, 0.29) is 0 Å². The average molecular weight is 349 g/mol. The van der Waals surface area contributed by atoms with Crippen molar-refractivity contribution in [1.82, 2.24) is 0 Å². The van der Waals surface area contributed by atoms with Gasteiger partial charge in [0.05, 0.1) is 0 Å². The van der Waals surface area contributed by atoms with Gasteiger partial charge in [-0.15, -0.1) is 0 Å². The van der Waals surface area contributed by atoms with Crippen LogP contribution in [0.15, 0.2) is 30.3 Å². The molecule has 1 aromatic rings. The molecule has 0 fully saturated rings. The average Bonchev–Trinajstić information content (AvgIpc) is 2.65. The Morgan fingerprint density at radius 2 is 1.08 bits per heavy atom. The van der Waals surface area contributed by atoms with E-state index in [4.69, 9.17) is 9.47 Å². The highest BCUT2D eigenvalue weighted by molar-refractivity contribution is 5.14. The molecule has 0 aliphatic rings. The quantitative estimate of drug-likeness (QED) is 0.279. The van der Waals surface area contributed by atoms with Crippen molar-refractivity contribution in [3.8, 4) is 0 Å². The van der Waals surface area contributed by atoms with Crippen LogP contribution in [0.3, 0.4) is 0 Å². The van der Waals surface area contributed by atoms with Crippen molar-refractivity contribution in [2.75, 3.05) is 26.4 Å². The topological polar surface area (TPSA) is 18.5 Å². The largest absolute Gasteiger partial charge is 0.382 e. The first-order valence-electron chi connectivity index (χ1n) is 10.6. The van der Waals surface area contributed by atoms with Crippen LogP contribution in [0.25, 0.3) is 0 Å². The van der Waals surface area contributed by atoms with E-state index in [1.165, 1.54) is 76.2 Å². The van der Waals surface area contributed by atoms with Crippen LogP contribution in [0.1, 0.15) is 83.1 Å². The Kier molecular flexibility index (Phi) is 15.9. The summed E-state index contributed by atoms with van der Waals surface area (Å²) in [6.45, 7) is 5.46. The number of hydrogen-bond donors (Lipinski definition) is 0. The zero-order chi connectivity index (χ0) is 17.8. The van der Waals surface area contributed by atoms with Crippen molar-refractivity contribution in [2.45, 2.75) is 84.0 Å². The van der Waals surface area contributed by atoms with Gasteiger partial charge in [-0.1, -0.05) is 81.7 Å². The molecule has 144 valence electrons. The molecule has 0 aliphatic heterocycles. The van der Waals surface area contributed by atoms with Crippen molar-refractivity contribution in [2.24, 2.45) is 0 Å². The van der Waals surface area contributed by atoms with E-state index < -0.39 is 0 Å². The highest BCUT2D eigenvalue weighted by Gasteiger charge is 1.95. The van der Waals surface area contributed by atoms with Gasteiger partial charge < -0.3 is 9.47 Å². The molecule has 0 saturated heterocycles. The minimum atomic E-state index is 0.813. The molecule has 0 atom stereocenters. The molecule has 0 radical (unpaired) electrons. The van der Waals surface area contributed by atoms with Crippen LogP contribution in [-0.2, 0) is 15.9 Å². The van der Waals surface area contributed by atoms with Gasteiger partial charge in [-0.3, -0.25) is 0 Å². The number of rotatable bonds is 18. The van der Waals surface area contributed by atoms with Crippen molar-refractivity contribution >= 4 is 0 Å². The van der Waals surface area contributed by atoms with Crippen LogP contribution in [0.4, 0.5) is 0 Å². The van der Waals surface area contributed by atoms with E-state index in [1.54, 1.807) is 0 Å². The molecule has 0 spiro atoms. The standard InChI is InChI=1S/C23H40O2/c1-2-24-21-16-22-25-20-15-10-8-6-4-3-5-7-9-12-17-23-18-13-11-14-19-23/h11,13-14,18-19H,2-10,12,15-17,20-22H2,1H3. The van der Waals surface area contributed by atoms with Crippen molar-refractivity contribution in [3.63, 3.8) is 0 Å². The fourth-order valence-corrected chi connectivity index (χ4v) is 3.10. The maximum atomic E-state index is 5.61. The van der Waals surface area contributed by atoms with Gasteiger partial charge in [0, 0.05) is 26.4 Å². The predicted octanol–water partition coefficient (Wildman–Crippen LogP) is 6.57. The lowest BCUT2D eigenvalue weighted by atomic mass is 10.0. The van der Waals surface area contributed by atoms with Crippen LogP contribution < -0.4 is 0 Å². The Bertz CT molecular complexity index is 364. The maximum Gasteiger partial charge on any atom is 0.0487 e. The normalized spacial score (nSPS) is 11.1. The molecule has 2 nitrogen and oxygen atoms in total. The molecule has 0 aromatic heterocycles. The highest BCUT2D eigenvalue weighted by atomic mass is 16.5. The fraction of sp³-hybridized carbons (Fsp3) is 0.739. The third-order valence-electron chi connectivity index (χ3n) is 4.63. The van der Waals surface area contributed by atoms with Gasteiger partial charge in [0.25, 0.3) is 0 Å². The molecule has 0 bridgehead atoms.